The lowest BCUT2D eigenvalue weighted by Gasteiger charge is -2.14. The fraction of sp³-hybridized carbons (Fsp3) is 0.176. The van der Waals surface area contributed by atoms with Crippen molar-refractivity contribution in [3.63, 3.8) is 0 Å². The van der Waals surface area contributed by atoms with E-state index in [9.17, 15) is 10.1 Å². The molecule has 0 radical (unpaired) electrons. The standard InChI is InChI=1S/C17H13Cl3N2O2/c18-11-4-6-12(7-5-11)24-9-8-16(23)22-15(10-21)13-2-1-3-14(19)17(13)20/h1-7,15H,8-9H2,(H,22,23). The van der Waals surface area contributed by atoms with E-state index in [0.717, 1.165) is 0 Å². The Kier molecular flexibility index (Phi) is 6.74. The van der Waals surface area contributed by atoms with Gasteiger partial charge >= 0.3 is 0 Å². The number of carbonyl (C=O) groups is 1. The number of carbonyl (C=O) groups excluding carboxylic acids is 1. The number of amides is 1. The van der Waals surface area contributed by atoms with Crippen LogP contribution < -0.4 is 10.1 Å². The SMILES string of the molecule is N#CC(NC(=O)CCOc1ccc(Cl)cc1)c1cccc(Cl)c1Cl. The molecule has 2 aromatic carbocycles. The molecule has 0 aliphatic carbocycles. The topological polar surface area (TPSA) is 62.1 Å². The van der Waals surface area contributed by atoms with Crippen LogP contribution in [-0.4, -0.2) is 12.5 Å². The Morgan fingerprint density at radius 2 is 1.88 bits per heavy atom. The largest absolute Gasteiger partial charge is 0.493 e. The van der Waals surface area contributed by atoms with Crippen LogP contribution in [0.4, 0.5) is 0 Å². The molecule has 0 saturated carbocycles. The smallest absolute Gasteiger partial charge is 0.224 e. The monoisotopic (exact) mass is 382 g/mol. The molecule has 1 atom stereocenters. The summed E-state index contributed by atoms with van der Waals surface area (Å²) in [6, 6.07) is 12.9. The number of benzene rings is 2. The van der Waals surface area contributed by atoms with Crippen LogP contribution >= 0.6 is 34.8 Å². The first-order chi connectivity index (χ1) is 11.5. The third kappa shape index (κ3) is 5.04. The Morgan fingerprint density at radius 3 is 2.54 bits per heavy atom. The van der Waals surface area contributed by atoms with Gasteiger partial charge in [-0.25, -0.2) is 0 Å². The predicted molar refractivity (Wildman–Crippen MR) is 94.5 cm³/mol. The Hall–Kier alpha value is -1.93. The Morgan fingerprint density at radius 1 is 1.17 bits per heavy atom. The first-order valence-electron chi connectivity index (χ1n) is 7.02. The van der Waals surface area contributed by atoms with Crippen molar-refractivity contribution in [1.29, 1.82) is 5.26 Å². The van der Waals surface area contributed by atoms with Gasteiger partial charge in [-0.2, -0.15) is 5.26 Å². The van der Waals surface area contributed by atoms with E-state index in [0.29, 0.717) is 21.4 Å². The van der Waals surface area contributed by atoms with Crippen molar-refractivity contribution in [2.24, 2.45) is 0 Å². The summed E-state index contributed by atoms with van der Waals surface area (Å²) in [6.07, 6.45) is 0.0962. The fourth-order valence-corrected chi connectivity index (χ4v) is 2.49. The average molecular weight is 384 g/mol. The molecular weight excluding hydrogens is 371 g/mol. The Bertz CT molecular complexity index is 757. The van der Waals surface area contributed by atoms with Crippen LogP contribution in [0, 0.1) is 11.3 Å². The number of halogens is 3. The zero-order valence-corrected chi connectivity index (χ0v) is 14.7. The van der Waals surface area contributed by atoms with Crippen LogP contribution in [0.5, 0.6) is 5.75 Å². The van der Waals surface area contributed by atoms with Crippen LogP contribution in [0.1, 0.15) is 18.0 Å². The summed E-state index contributed by atoms with van der Waals surface area (Å²) in [6.45, 7) is 0.175. The molecule has 0 saturated heterocycles. The summed E-state index contributed by atoms with van der Waals surface area (Å²) in [5.41, 5.74) is 0.457. The molecule has 124 valence electrons. The van der Waals surface area contributed by atoms with E-state index in [-0.39, 0.29) is 24.0 Å². The molecule has 2 rings (SSSR count). The summed E-state index contributed by atoms with van der Waals surface area (Å²) in [4.78, 5) is 12.0. The van der Waals surface area contributed by atoms with E-state index in [1.807, 2.05) is 6.07 Å². The molecule has 0 spiro atoms. The van der Waals surface area contributed by atoms with Crippen molar-refractivity contribution in [2.45, 2.75) is 12.5 Å². The lowest BCUT2D eigenvalue weighted by Crippen LogP contribution is -2.29. The molecule has 24 heavy (non-hydrogen) atoms. The highest BCUT2D eigenvalue weighted by Gasteiger charge is 2.18. The van der Waals surface area contributed by atoms with Gasteiger partial charge in [-0.1, -0.05) is 46.9 Å². The zero-order chi connectivity index (χ0) is 17.5. The van der Waals surface area contributed by atoms with Crippen molar-refractivity contribution in [3.8, 4) is 11.8 Å². The molecule has 7 heteroatoms. The number of hydrogen-bond acceptors (Lipinski definition) is 3. The quantitative estimate of drug-likeness (QED) is 0.779. The normalized spacial score (nSPS) is 11.4. The van der Waals surface area contributed by atoms with Crippen LogP contribution in [0.25, 0.3) is 0 Å². The van der Waals surface area contributed by atoms with Gasteiger partial charge in [-0.15, -0.1) is 0 Å². The van der Waals surface area contributed by atoms with Crippen LogP contribution in [0.15, 0.2) is 42.5 Å². The third-order valence-electron chi connectivity index (χ3n) is 3.14. The number of nitriles is 1. The summed E-state index contributed by atoms with van der Waals surface area (Å²) in [5.74, 6) is 0.286. The van der Waals surface area contributed by atoms with Gasteiger partial charge in [0.1, 0.15) is 11.8 Å². The Balaban J connectivity index is 1.89. The Labute approximate surface area is 154 Å². The lowest BCUT2D eigenvalue weighted by atomic mass is 10.1. The van der Waals surface area contributed by atoms with Crippen molar-refractivity contribution < 1.29 is 9.53 Å². The van der Waals surface area contributed by atoms with Crippen molar-refractivity contribution in [3.05, 3.63) is 63.1 Å². The predicted octanol–water partition coefficient (Wildman–Crippen LogP) is 4.80. The van der Waals surface area contributed by atoms with Gasteiger partial charge in [-0.3, -0.25) is 4.79 Å². The fourth-order valence-electron chi connectivity index (χ4n) is 1.95. The molecule has 4 nitrogen and oxygen atoms in total. The minimum Gasteiger partial charge on any atom is -0.493 e. The number of hydrogen-bond donors (Lipinski definition) is 1. The third-order valence-corrected chi connectivity index (χ3v) is 4.22. The van der Waals surface area contributed by atoms with Gasteiger partial charge in [0.05, 0.1) is 29.1 Å². The molecule has 0 bridgehead atoms. The molecule has 2 aromatic rings. The van der Waals surface area contributed by atoms with Gasteiger partial charge in [-0.05, 0) is 30.3 Å². The van der Waals surface area contributed by atoms with Crippen molar-refractivity contribution in [1.82, 2.24) is 5.32 Å². The molecule has 0 aromatic heterocycles. The molecule has 1 unspecified atom stereocenters. The van der Waals surface area contributed by atoms with E-state index >= 15 is 0 Å². The molecule has 1 amide bonds. The maximum absolute atomic E-state index is 12.0. The van der Waals surface area contributed by atoms with Crippen LogP contribution in [-0.2, 0) is 4.79 Å². The minimum atomic E-state index is -0.876. The summed E-state index contributed by atoms with van der Waals surface area (Å²) in [5, 5.41) is 13.1. The average Bonchev–Trinajstić information content (AvgIpc) is 2.57. The summed E-state index contributed by atoms with van der Waals surface area (Å²) < 4.78 is 5.45. The minimum absolute atomic E-state index is 0.0962. The van der Waals surface area contributed by atoms with E-state index < -0.39 is 6.04 Å². The van der Waals surface area contributed by atoms with Gasteiger partial charge in [0, 0.05) is 10.6 Å². The lowest BCUT2D eigenvalue weighted by molar-refractivity contribution is -0.122. The summed E-state index contributed by atoms with van der Waals surface area (Å²) in [7, 11) is 0. The van der Waals surface area contributed by atoms with E-state index in [4.69, 9.17) is 39.5 Å². The molecule has 0 heterocycles. The van der Waals surface area contributed by atoms with Gasteiger partial charge in [0.2, 0.25) is 5.91 Å². The second kappa shape index (κ2) is 8.79. The number of rotatable bonds is 6. The first-order valence-corrected chi connectivity index (χ1v) is 8.16. The number of nitrogens with one attached hydrogen (secondary N) is 1. The maximum atomic E-state index is 12.0. The first kappa shape index (κ1) is 18.4. The highest BCUT2D eigenvalue weighted by Crippen LogP contribution is 2.29. The highest BCUT2D eigenvalue weighted by atomic mass is 35.5. The van der Waals surface area contributed by atoms with Crippen molar-refractivity contribution in [2.75, 3.05) is 6.61 Å². The van der Waals surface area contributed by atoms with Gasteiger partial charge in [0.25, 0.3) is 0 Å². The second-order valence-corrected chi connectivity index (χ2v) is 6.05. The number of ether oxygens (including phenoxy) is 1. The van der Waals surface area contributed by atoms with Gasteiger partial charge < -0.3 is 10.1 Å². The van der Waals surface area contributed by atoms with Gasteiger partial charge in [0.15, 0.2) is 0 Å². The van der Waals surface area contributed by atoms with Crippen LogP contribution in [0.2, 0.25) is 15.1 Å². The van der Waals surface area contributed by atoms with Crippen LogP contribution in [0.3, 0.4) is 0 Å². The second-order valence-electron chi connectivity index (χ2n) is 4.83. The molecule has 1 N–H and O–H groups in total. The van der Waals surface area contributed by atoms with E-state index in [1.54, 1.807) is 42.5 Å². The highest BCUT2D eigenvalue weighted by molar-refractivity contribution is 6.42. The number of nitrogens with zero attached hydrogens (tertiary/aromatic N) is 1. The summed E-state index contributed by atoms with van der Waals surface area (Å²) >= 11 is 17.8. The maximum Gasteiger partial charge on any atom is 0.224 e. The van der Waals surface area contributed by atoms with Crippen molar-refractivity contribution >= 4 is 40.7 Å². The molecular formula is C17H13Cl3N2O2. The molecule has 0 aliphatic heterocycles. The van der Waals surface area contributed by atoms with E-state index in [1.165, 1.54) is 0 Å². The van der Waals surface area contributed by atoms with E-state index in [2.05, 4.69) is 5.32 Å². The molecule has 0 fully saturated rings. The zero-order valence-electron chi connectivity index (χ0n) is 12.4. The molecule has 0 aliphatic rings.